The number of aryl methyl sites for hydroxylation is 1. The van der Waals surface area contributed by atoms with Crippen LogP contribution in [0.3, 0.4) is 0 Å². The van der Waals surface area contributed by atoms with Crippen molar-refractivity contribution in [3.63, 3.8) is 0 Å². The van der Waals surface area contributed by atoms with E-state index in [-0.39, 0.29) is 11.8 Å². The summed E-state index contributed by atoms with van der Waals surface area (Å²) in [6.07, 6.45) is 3.06. The number of aromatic nitrogens is 1. The monoisotopic (exact) mass is 331 g/mol. The van der Waals surface area contributed by atoms with Crippen LogP contribution in [0.5, 0.6) is 0 Å². The van der Waals surface area contributed by atoms with Crippen LogP contribution in [0, 0.1) is 6.92 Å². The van der Waals surface area contributed by atoms with E-state index < -0.39 is 0 Å². The Labute approximate surface area is 140 Å². The number of H-pyrrole nitrogens is 1. The first-order chi connectivity index (χ1) is 11.1. The number of nitrogens with one attached hydrogen (secondary N) is 1. The van der Waals surface area contributed by atoms with Crippen LogP contribution in [0.25, 0.3) is 10.9 Å². The summed E-state index contributed by atoms with van der Waals surface area (Å²) in [6.45, 7) is 3.25. The molecule has 1 fully saturated rings. The summed E-state index contributed by atoms with van der Waals surface area (Å²) < 4.78 is 0. The maximum Gasteiger partial charge on any atom is 0.251 e. The van der Waals surface area contributed by atoms with Gasteiger partial charge < -0.3 is 4.98 Å². The molecule has 1 aromatic heterocycles. The van der Waals surface area contributed by atoms with Crippen molar-refractivity contribution in [2.24, 2.45) is 0 Å². The quantitative estimate of drug-likeness (QED) is 0.936. The summed E-state index contributed by atoms with van der Waals surface area (Å²) in [4.78, 5) is 28.2. The van der Waals surface area contributed by atoms with Gasteiger partial charge in [0, 0.05) is 29.7 Å². The van der Waals surface area contributed by atoms with Gasteiger partial charge in [-0.05, 0) is 31.2 Å². The highest BCUT2D eigenvalue weighted by molar-refractivity contribution is 7.99. The van der Waals surface area contributed by atoms with Crippen molar-refractivity contribution < 1.29 is 9.59 Å². The molecule has 2 aromatic rings. The maximum atomic E-state index is 12.7. The molecule has 0 atom stereocenters. The molecule has 23 heavy (non-hydrogen) atoms. The molecule has 122 valence electrons. The first-order valence-electron chi connectivity index (χ1n) is 7.77. The van der Waals surface area contributed by atoms with Crippen molar-refractivity contribution in [3.05, 3.63) is 35.5 Å². The third kappa shape index (κ3) is 3.08. The Balaban J connectivity index is 1.80. The van der Waals surface area contributed by atoms with E-state index in [1.807, 2.05) is 37.4 Å². The lowest BCUT2D eigenvalue weighted by molar-refractivity contribution is -0.155. The summed E-state index contributed by atoms with van der Waals surface area (Å²) >= 11 is 1.49. The van der Waals surface area contributed by atoms with Gasteiger partial charge in [0.15, 0.2) is 0 Å². The predicted molar refractivity (Wildman–Crippen MR) is 93.2 cm³/mol. The second-order valence-electron chi connectivity index (χ2n) is 5.77. The standard InChI is InChI=1S/C17H21N3O2S/c1-12-14(13-6-3-4-7-15(13)18-12)10-16(21)19-8-5-9-20(19)17(22)11-23-2/h3-4,6-7,18H,5,8-11H2,1-2H3. The molecular formula is C17H21N3O2S. The number of benzene rings is 1. The number of nitrogens with zero attached hydrogens (tertiary/aromatic N) is 2. The normalized spacial score (nSPS) is 14.7. The van der Waals surface area contributed by atoms with Crippen molar-refractivity contribution in [1.29, 1.82) is 0 Å². The fraction of sp³-hybridized carbons (Fsp3) is 0.412. The lowest BCUT2D eigenvalue weighted by Gasteiger charge is -2.27. The number of carbonyl (C=O) groups is 2. The van der Waals surface area contributed by atoms with E-state index in [0.717, 1.165) is 28.6 Å². The van der Waals surface area contributed by atoms with E-state index in [9.17, 15) is 9.59 Å². The molecule has 1 aliphatic rings. The number of hydrazine groups is 1. The minimum absolute atomic E-state index is 0.00944. The van der Waals surface area contributed by atoms with Gasteiger partial charge in [0.25, 0.3) is 5.91 Å². The minimum atomic E-state index is -0.00944. The summed E-state index contributed by atoms with van der Waals surface area (Å²) in [5.41, 5.74) is 3.08. The summed E-state index contributed by atoms with van der Waals surface area (Å²) in [5, 5.41) is 4.32. The Morgan fingerprint density at radius 1 is 1.17 bits per heavy atom. The van der Waals surface area contributed by atoms with Crippen molar-refractivity contribution in [2.75, 3.05) is 25.1 Å². The van der Waals surface area contributed by atoms with E-state index in [1.165, 1.54) is 11.8 Å². The molecule has 3 rings (SSSR count). The van der Waals surface area contributed by atoms with Crippen molar-refractivity contribution >= 4 is 34.5 Å². The Morgan fingerprint density at radius 2 is 1.87 bits per heavy atom. The Hall–Kier alpha value is -1.95. The van der Waals surface area contributed by atoms with Gasteiger partial charge in [0.2, 0.25) is 5.91 Å². The highest BCUT2D eigenvalue weighted by Crippen LogP contribution is 2.24. The van der Waals surface area contributed by atoms with Crippen LogP contribution in [-0.4, -0.2) is 51.9 Å². The Morgan fingerprint density at radius 3 is 2.61 bits per heavy atom. The molecule has 6 heteroatoms. The molecule has 1 aliphatic heterocycles. The lowest BCUT2D eigenvalue weighted by atomic mass is 10.1. The zero-order valence-electron chi connectivity index (χ0n) is 13.5. The van der Waals surface area contributed by atoms with Gasteiger partial charge in [-0.2, -0.15) is 11.8 Å². The highest BCUT2D eigenvalue weighted by atomic mass is 32.2. The van der Waals surface area contributed by atoms with Crippen LogP contribution in [-0.2, 0) is 16.0 Å². The number of rotatable bonds is 4. The molecule has 2 amide bonds. The maximum absolute atomic E-state index is 12.7. The third-order valence-corrected chi connectivity index (χ3v) is 4.77. The molecule has 1 aromatic carbocycles. The molecule has 1 saturated heterocycles. The van der Waals surface area contributed by atoms with Crippen LogP contribution in [0.4, 0.5) is 0 Å². The van der Waals surface area contributed by atoms with Gasteiger partial charge >= 0.3 is 0 Å². The van der Waals surface area contributed by atoms with Crippen LogP contribution in [0.1, 0.15) is 17.7 Å². The second-order valence-corrected chi connectivity index (χ2v) is 6.64. The van der Waals surface area contributed by atoms with E-state index in [0.29, 0.717) is 25.3 Å². The Kier molecular flexibility index (Phi) is 4.61. The summed E-state index contributed by atoms with van der Waals surface area (Å²) in [7, 11) is 0. The number of fused-ring (bicyclic) bond motifs is 1. The largest absolute Gasteiger partial charge is 0.358 e. The number of amides is 2. The predicted octanol–water partition coefficient (Wildman–Crippen LogP) is 2.36. The van der Waals surface area contributed by atoms with Gasteiger partial charge in [0.1, 0.15) is 0 Å². The number of thioether (sulfide) groups is 1. The number of hydrogen-bond acceptors (Lipinski definition) is 3. The fourth-order valence-electron chi connectivity index (χ4n) is 3.13. The molecular weight excluding hydrogens is 310 g/mol. The first kappa shape index (κ1) is 15.9. The molecule has 0 aliphatic carbocycles. The number of para-hydroxylation sites is 1. The van der Waals surface area contributed by atoms with E-state index in [2.05, 4.69) is 4.98 Å². The lowest BCUT2D eigenvalue weighted by Crippen LogP contribution is -2.46. The van der Waals surface area contributed by atoms with Crippen molar-refractivity contribution in [1.82, 2.24) is 15.0 Å². The molecule has 2 heterocycles. The summed E-state index contributed by atoms with van der Waals surface area (Å²) in [6, 6.07) is 8.00. The summed E-state index contributed by atoms with van der Waals surface area (Å²) in [5.74, 6) is 0.416. The SMILES string of the molecule is CSCC(=O)N1CCCN1C(=O)Cc1c(C)[nH]c2ccccc12. The Bertz CT molecular complexity index is 741. The molecule has 0 bridgehead atoms. The number of hydrogen-bond donors (Lipinski definition) is 1. The van der Waals surface area contributed by atoms with Gasteiger partial charge in [0.05, 0.1) is 12.2 Å². The molecule has 0 saturated carbocycles. The molecule has 1 N–H and O–H groups in total. The minimum Gasteiger partial charge on any atom is -0.358 e. The van der Waals surface area contributed by atoms with Crippen LogP contribution in [0.2, 0.25) is 0 Å². The van der Waals surface area contributed by atoms with E-state index in [4.69, 9.17) is 0 Å². The average Bonchev–Trinajstić information content (AvgIpc) is 3.13. The zero-order chi connectivity index (χ0) is 16.4. The van der Waals surface area contributed by atoms with Gasteiger partial charge in [-0.15, -0.1) is 0 Å². The van der Waals surface area contributed by atoms with Gasteiger partial charge in [-0.25, -0.2) is 0 Å². The molecule has 5 nitrogen and oxygen atoms in total. The number of carbonyl (C=O) groups excluding carboxylic acids is 2. The van der Waals surface area contributed by atoms with Crippen molar-refractivity contribution in [3.8, 4) is 0 Å². The van der Waals surface area contributed by atoms with Gasteiger partial charge in [-0.1, -0.05) is 18.2 Å². The topological polar surface area (TPSA) is 56.4 Å². The molecule has 0 unspecified atom stereocenters. The average molecular weight is 331 g/mol. The van der Waals surface area contributed by atoms with E-state index in [1.54, 1.807) is 10.0 Å². The van der Waals surface area contributed by atoms with Crippen LogP contribution < -0.4 is 0 Å². The first-order valence-corrected chi connectivity index (χ1v) is 9.17. The molecule has 0 radical (unpaired) electrons. The zero-order valence-corrected chi connectivity index (χ0v) is 14.3. The fourth-order valence-corrected chi connectivity index (χ4v) is 3.53. The van der Waals surface area contributed by atoms with Crippen LogP contribution >= 0.6 is 11.8 Å². The van der Waals surface area contributed by atoms with Crippen molar-refractivity contribution in [2.45, 2.75) is 19.8 Å². The smallest absolute Gasteiger partial charge is 0.251 e. The third-order valence-electron chi connectivity index (χ3n) is 4.23. The van der Waals surface area contributed by atoms with Crippen LogP contribution in [0.15, 0.2) is 24.3 Å². The molecule has 0 spiro atoms. The number of aromatic amines is 1. The highest BCUT2D eigenvalue weighted by Gasteiger charge is 2.30. The van der Waals surface area contributed by atoms with E-state index >= 15 is 0 Å². The van der Waals surface area contributed by atoms with Gasteiger partial charge in [-0.3, -0.25) is 19.6 Å². The second kappa shape index (κ2) is 6.66.